The Labute approximate surface area is 86.5 Å². The summed E-state index contributed by atoms with van der Waals surface area (Å²) in [5.41, 5.74) is 0.356. The number of rotatable bonds is 3. The molecule has 0 spiro atoms. The van der Waals surface area contributed by atoms with E-state index >= 15 is 0 Å². The first kappa shape index (κ1) is 10.8. The molecule has 0 N–H and O–H groups in total. The van der Waals surface area contributed by atoms with Gasteiger partial charge in [-0.05, 0) is 30.5 Å². The molecule has 0 saturated heterocycles. The molecule has 14 heavy (non-hydrogen) atoms. The summed E-state index contributed by atoms with van der Waals surface area (Å²) in [4.78, 5) is 23.2. The molecule has 0 amide bonds. The molecule has 0 heterocycles. The molecule has 0 radical (unpaired) electrons. The van der Waals surface area contributed by atoms with E-state index in [4.69, 9.17) is 0 Å². The van der Waals surface area contributed by atoms with Gasteiger partial charge in [-0.1, -0.05) is 0 Å². The SMILES string of the molecule is COC(=O)C(=O)c1ccc(SC)cc1. The molecule has 0 bridgehead atoms. The third-order valence-electron chi connectivity index (χ3n) is 1.72. The molecule has 0 aliphatic rings. The summed E-state index contributed by atoms with van der Waals surface area (Å²) in [6.07, 6.45) is 1.94. The number of hydrogen-bond acceptors (Lipinski definition) is 4. The van der Waals surface area contributed by atoms with E-state index in [1.807, 2.05) is 6.26 Å². The second-order valence-electron chi connectivity index (χ2n) is 2.55. The van der Waals surface area contributed by atoms with Gasteiger partial charge in [0.15, 0.2) is 0 Å². The number of esters is 1. The number of Topliss-reactive ketones (excluding diaryl/α,β-unsaturated/α-hetero) is 1. The van der Waals surface area contributed by atoms with E-state index in [1.165, 1.54) is 7.11 Å². The van der Waals surface area contributed by atoms with Crippen molar-refractivity contribution >= 4 is 23.5 Å². The molecular formula is C10H10O3S. The topological polar surface area (TPSA) is 43.4 Å². The number of thioether (sulfide) groups is 1. The van der Waals surface area contributed by atoms with Crippen LogP contribution in [0.15, 0.2) is 29.2 Å². The molecule has 0 saturated carbocycles. The lowest BCUT2D eigenvalue weighted by Crippen LogP contribution is -2.15. The smallest absolute Gasteiger partial charge is 0.379 e. The third-order valence-corrected chi connectivity index (χ3v) is 2.47. The molecule has 1 aromatic carbocycles. The van der Waals surface area contributed by atoms with Crippen molar-refractivity contribution in [2.45, 2.75) is 4.90 Å². The zero-order valence-electron chi connectivity index (χ0n) is 7.94. The van der Waals surface area contributed by atoms with Gasteiger partial charge in [-0.15, -0.1) is 11.8 Å². The molecule has 0 fully saturated rings. The van der Waals surface area contributed by atoms with E-state index in [0.717, 1.165) is 4.90 Å². The van der Waals surface area contributed by atoms with Gasteiger partial charge in [-0.2, -0.15) is 0 Å². The Hall–Kier alpha value is -1.29. The molecule has 4 heteroatoms. The van der Waals surface area contributed by atoms with Gasteiger partial charge in [0.25, 0.3) is 5.78 Å². The minimum absolute atomic E-state index is 0.356. The summed E-state index contributed by atoms with van der Waals surface area (Å²) in [7, 11) is 1.19. The van der Waals surface area contributed by atoms with Crippen LogP contribution >= 0.6 is 11.8 Å². The summed E-state index contributed by atoms with van der Waals surface area (Å²) < 4.78 is 4.33. The molecule has 0 aliphatic carbocycles. The molecule has 0 aromatic heterocycles. The van der Waals surface area contributed by atoms with Crippen molar-refractivity contribution in [2.75, 3.05) is 13.4 Å². The Bertz CT molecular complexity index is 343. The van der Waals surface area contributed by atoms with Gasteiger partial charge >= 0.3 is 5.97 Å². The Morgan fingerprint density at radius 3 is 2.21 bits per heavy atom. The van der Waals surface area contributed by atoms with Gasteiger partial charge in [0, 0.05) is 10.5 Å². The van der Waals surface area contributed by atoms with Crippen molar-refractivity contribution in [3.8, 4) is 0 Å². The normalized spacial score (nSPS) is 9.57. The highest BCUT2D eigenvalue weighted by atomic mass is 32.2. The van der Waals surface area contributed by atoms with Crippen molar-refractivity contribution in [3.63, 3.8) is 0 Å². The third kappa shape index (κ3) is 2.35. The molecule has 0 atom stereocenters. The number of ketones is 1. The van der Waals surface area contributed by atoms with Crippen molar-refractivity contribution in [1.82, 2.24) is 0 Å². The van der Waals surface area contributed by atoms with Crippen LogP contribution in [0.2, 0.25) is 0 Å². The lowest BCUT2D eigenvalue weighted by molar-refractivity contribution is -0.135. The highest BCUT2D eigenvalue weighted by Gasteiger charge is 2.15. The van der Waals surface area contributed by atoms with Crippen LogP contribution in [0.3, 0.4) is 0 Å². The number of carbonyl (C=O) groups excluding carboxylic acids is 2. The lowest BCUT2D eigenvalue weighted by Gasteiger charge is -1.99. The van der Waals surface area contributed by atoms with E-state index < -0.39 is 11.8 Å². The summed E-state index contributed by atoms with van der Waals surface area (Å²) in [6, 6.07) is 6.82. The molecule has 0 unspecified atom stereocenters. The fourth-order valence-electron chi connectivity index (χ4n) is 0.953. The molecule has 0 aliphatic heterocycles. The minimum Gasteiger partial charge on any atom is -0.463 e. The Morgan fingerprint density at radius 2 is 1.79 bits per heavy atom. The van der Waals surface area contributed by atoms with Crippen LogP contribution < -0.4 is 0 Å². The number of ether oxygens (including phenoxy) is 1. The largest absolute Gasteiger partial charge is 0.463 e. The van der Waals surface area contributed by atoms with Crippen LogP contribution in [-0.4, -0.2) is 25.1 Å². The van der Waals surface area contributed by atoms with Crippen LogP contribution in [0.1, 0.15) is 10.4 Å². The van der Waals surface area contributed by atoms with E-state index in [1.54, 1.807) is 36.0 Å². The maximum atomic E-state index is 11.3. The lowest BCUT2D eigenvalue weighted by atomic mass is 10.1. The first-order valence-corrected chi connectivity index (χ1v) is 5.18. The monoisotopic (exact) mass is 210 g/mol. The summed E-state index contributed by atoms with van der Waals surface area (Å²) in [5.74, 6) is -1.44. The maximum Gasteiger partial charge on any atom is 0.379 e. The zero-order valence-corrected chi connectivity index (χ0v) is 8.76. The Morgan fingerprint density at radius 1 is 1.21 bits per heavy atom. The van der Waals surface area contributed by atoms with Crippen molar-refractivity contribution in [1.29, 1.82) is 0 Å². The zero-order chi connectivity index (χ0) is 10.6. The molecule has 1 aromatic rings. The Kier molecular flexibility index (Phi) is 3.71. The van der Waals surface area contributed by atoms with E-state index in [2.05, 4.69) is 4.74 Å². The van der Waals surface area contributed by atoms with Crippen LogP contribution in [0.4, 0.5) is 0 Å². The van der Waals surface area contributed by atoms with Gasteiger partial charge in [0.1, 0.15) is 0 Å². The summed E-state index contributed by atoms with van der Waals surface area (Å²) in [5, 5.41) is 0. The van der Waals surface area contributed by atoms with Gasteiger partial charge in [-0.3, -0.25) is 4.79 Å². The molecule has 74 valence electrons. The van der Waals surface area contributed by atoms with E-state index in [0.29, 0.717) is 5.56 Å². The number of benzene rings is 1. The number of methoxy groups -OCH3 is 1. The maximum absolute atomic E-state index is 11.3. The van der Waals surface area contributed by atoms with Crippen molar-refractivity contribution in [2.24, 2.45) is 0 Å². The van der Waals surface area contributed by atoms with Crippen molar-refractivity contribution in [3.05, 3.63) is 29.8 Å². The predicted octanol–water partition coefficient (Wildman–Crippen LogP) is 1.76. The minimum atomic E-state index is -0.832. The van der Waals surface area contributed by atoms with Crippen LogP contribution in [0.5, 0.6) is 0 Å². The summed E-state index contributed by atoms with van der Waals surface area (Å²) in [6.45, 7) is 0. The van der Waals surface area contributed by atoms with E-state index in [-0.39, 0.29) is 0 Å². The standard InChI is InChI=1S/C10H10O3S/c1-13-10(12)9(11)7-3-5-8(14-2)6-4-7/h3-6H,1-2H3. The highest BCUT2D eigenvalue weighted by Crippen LogP contribution is 2.15. The first-order chi connectivity index (χ1) is 6.69. The second kappa shape index (κ2) is 4.81. The fraction of sp³-hybridized carbons (Fsp3) is 0.200. The second-order valence-corrected chi connectivity index (χ2v) is 3.43. The molecule has 3 nitrogen and oxygen atoms in total. The summed E-state index contributed by atoms with van der Waals surface area (Å²) >= 11 is 1.58. The van der Waals surface area contributed by atoms with Crippen LogP contribution in [-0.2, 0) is 9.53 Å². The number of carbonyl (C=O) groups is 2. The van der Waals surface area contributed by atoms with Crippen molar-refractivity contribution < 1.29 is 14.3 Å². The average molecular weight is 210 g/mol. The average Bonchev–Trinajstić information content (AvgIpc) is 2.27. The van der Waals surface area contributed by atoms with Crippen LogP contribution in [0.25, 0.3) is 0 Å². The molecule has 1 rings (SSSR count). The van der Waals surface area contributed by atoms with Gasteiger partial charge in [0.05, 0.1) is 7.11 Å². The quantitative estimate of drug-likeness (QED) is 0.330. The van der Waals surface area contributed by atoms with Crippen LogP contribution in [0, 0.1) is 0 Å². The predicted molar refractivity (Wildman–Crippen MR) is 54.6 cm³/mol. The molecular weight excluding hydrogens is 200 g/mol. The van der Waals surface area contributed by atoms with Gasteiger partial charge in [-0.25, -0.2) is 4.79 Å². The Balaban J connectivity index is 2.87. The van der Waals surface area contributed by atoms with Gasteiger partial charge in [0.2, 0.25) is 0 Å². The highest BCUT2D eigenvalue weighted by molar-refractivity contribution is 7.98. The van der Waals surface area contributed by atoms with E-state index in [9.17, 15) is 9.59 Å². The fourth-order valence-corrected chi connectivity index (χ4v) is 1.36. The first-order valence-electron chi connectivity index (χ1n) is 3.95. The number of hydrogen-bond donors (Lipinski definition) is 0. The van der Waals surface area contributed by atoms with Gasteiger partial charge < -0.3 is 4.74 Å².